The minimum absolute atomic E-state index is 0. The van der Waals surface area contributed by atoms with E-state index in [2.05, 4.69) is 24.1 Å². The van der Waals surface area contributed by atoms with Crippen LogP contribution in [0.5, 0.6) is 0 Å². The lowest BCUT2D eigenvalue weighted by Gasteiger charge is -2.56. The third kappa shape index (κ3) is 3.57. The summed E-state index contributed by atoms with van der Waals surface area (Å²) in [6, 6.07) is 5.25. The van der Waals surface area contributed by atoms with Crippen LogP contribution < -0.4 is 5.32 Å². The number of halogens is 4. The topological polar surface area (TPSA) is 32.3 Å². The van der Waals surface area contributed by atoms with Crippen molar-refractivity contribution in [2.24, 2.45) is 5.92 Å². The number of carbonyl (C=O) groups excluding carboxylic acids is 1. The van der Waals surface area contributed by atoms with Gasteiger partial charge in [0.15, 0.2) is 0 Å². The summed E-state index contributed by atoms with van der Waals surface area (Å²) < 4.78 is 39.3. The van der Waals surface area contributed by atoms with Crippen LogP contribution in [0.25, 0.3) is 10.1 Å². The summed E-state index contributed by atoms with van der Waals surface area (Å²) in [4.78, 5) is 15.7. The maximum absolute atomic E-state index is 12.9. The highest BCUT2D eigenvalue weighted by Crippen LogP contribution is 2.39. The number of nitrogens with zero attached hydrogens (tertiary/aromatic N) is 1. The molecule has 2 aromatic rings. The number of hydrogen-bond acceptors (Lipinski definition) is 3. The van der Waals surface area contributed by atoms with E-state index in [-0.39, 0.29) is 29.9 Å². The predicted molar refractivity (Wildman–Crippen MR) is 104 cm³/mol. The average molecular weight is 419 g/mol. The van der Waals surface area contributed by atoms with Gasteiger partial charge in [-0.25, -0.2) is 0 Å². The first-order chi connectivity index (χ1) is 12.2. The summed E-state index contributed by atoms with van der Waals surface area (Å²) in [6.45, 7) is 6.44. The number of hydrogen-bond donors (Lipinski definition) is 1. The zero-order valence-electron chi connectivity index (χ0n) is 15.1. The molecule has 27 heavy (non-hydrogen) atoms. The second-order valence-corrected chi connectivity index (χ2v) is 8.87. The van der Waals surface area contributed by atoms with Crippen LogP contribution in [0.4, 0.5) is 13.2 Å². The molecule has 0 aliphatic carbocycles. The van der Waals surface area contributed by atoms with E-state index in [0.29, 0.717) is 20.9 Å². The molecule has 148 valence electrons. The fourth-order valence-corrected chi connectivity index (χ4v) is 5.37. The molecule has 1 aromatic heterocycles. The SMILES string of the molecule is CC1(C)C(NC(=O)c2cc3cc(C(F)(F)F)ccc3s2)C2CCN1CC2.Cl. The molecule has 3 aliphatic heterocycles. The number of carbonyl (C=O) groups is 1. The molecule has 1 N–H and O–H groups in total. The summed E-state index contributed by atoms with van der Waals surface area (Å²) in [6.07, 6.45) is -2.22. The van der Waals surface area contributed by atoms with Crippen molar-refractivity contribution in [1.29, 1.82) is 0 Å². The Morgan fingerprint density at radius 3 is 2.48 bits per heavy atom. The predicted octanol–water partition coefficient (Wildman–Crippen LogP) is 4.94. The first-order valence-electron chi connectivity index (χ1n) is 8.83. The maximum Gasteiger partial charge on any atom is 0.416 e. The number of thiophene rings is 1. The lowest BCUT2D eigenvalue weighted by molar-refractivity contribution is -0.137. The second kappa shape index (κ2) is 6.94. The number of alkyl halides is 3. The zero-order chi connectivity index (χ0) is 18.7. The van der Waals surface area contributed by atoms with Gasteiger partial charge >= 0.3 is 6.18 Å². The molecule has 0 radical (unpaired) electrons. The molecule has 1 aromatic carbocycles. The van der Waals surface area contributed by atoms with Crippen molar-refractivity contribution < 1.29 is 18.0 Å². The summed E-state index contributed by atoms with van der Waals surface area (Å²) in [7, 11) is 0. The Labute approximate surface area is 166 Å². The highest BCUT2D eigenvalue weighted by atomic mass is 35.5. The monoisotopic (exact) mass is 418 g/mol. The summed E-state index contributed by atoms with van der Waals surface area (Å²) >= 11 is 1.24. The Morgan fingerprint density at radius 1 is 1.22 bits per heavy atom. The van der Waals surface area contributed by atoms with Crippen LogP contribution in [0, 0.1) is 5.92 Å². The Balaban J connectivity index is 0.00000210. The van der Waals surface area contributed by atoms with Crippen molar-refractivity contribution in [3.63, 3.8) is 0 Å². The Hall–Kier alpha value is -1.31. The van der Waals surface area contributed by atoms with Gasteiger partial charge in [0.1, 0.15) is 0 Å². The van der Waals surface area contributed by atoms with Crippen molar-refractivity contribution in [1.82, 2.24) is 10.2 Å². The highest BCUT2D eigenvalue weighted by Gasteiger charge is 2.48. The van der Waals surface area contributed by atoms with Gasteiger partial charge in [-0.15, -0.1) is 23.7 Å². The third-order valence-electron chi connectivity index (χ3n) is 5.94. The first kappa shape index (κ1) is 20.4. The van der Waals surface area contributed by atoms with Gasteiger partial charge < -0.3 is 5.32 Å². The van der Waals surface area contributed by atoms with Crippen molar-refractivity contribution >= 4 is 39.7 Å². The molecular weight excluding hydrogens is 397 g/mol. The maximum atomic E-state index is 12.9. The van der Waals surface area contributed by atoms with Crippen LogP contribution >= 0.6 is 23.7 Å². The van der Waals surface area contributed by atoms with Gasteiger partial charge in [-0.3, -0.25) is 9.69 Å². The Morgan fingerprint density at radius 2 is 1.89 bits per heavy atom. The molecule has 0 spiro atoms. The Kier molecular flexibility index (Phi) is 5.25. The molecule has 1 amide bonds. The van der Waals surface area contributed by atoms with E-state index >= 15 is 0 Å². The van der Waals surface area contributed by atoms with Gasteiger partial charge in [-0.05, 0) is 75.3 Å². The fourth-order valence-electron chi connectivity index (χ4n) is 4.42. The van der Waals surface area contributed by atoms with E-state index in [4.69, 9.17) is 0 Å². The standard InChI is InChI=1S/C19H21F3N2OS.ClH/c1-18(2)16(11-5-7-24(18)8-6-11)23-17(25)15-10-12-9-13(19(20,21)22)3-4-14(12)26-15;/h3-4,9-11,16H,5-8H2,1-2H3,(H,23,25);1H. The lowest BCUT2D eigenvalue weighted by atomic mass is 9.72. The second-order valence-electron chi connectivity index (χ2n) is 7.79. The van der Waals surface area contributed by atoms with Gasteiger partial charge in [0, 0.05) is 16.3 Å². The Bertz CT molecular complexity index is 856. The first-order valence-corrected chi connectivity index (χ1v) is 9.64. The number of nitrogens with one attached hydrogen (secondary N) is 1. The summed E-state index contributed by atoms with van der Waals surface area (Å²) in [5.74, 6) is 0.275. The largest absolute Gasteiger partial charge is 0.416 e. The van der Waals surface area contributed by atoms with E-state index in [0.717, 1.165) is 38.1 Å². The average Bonchev–Trinajstić information content (AvgIpc) is 3.01. The zero-order valence-corrected chi connectivity index (χ0v) is 16.7. The highest BCUT2D eigenvalue weighted by molar-refractivity contribution is 7.20. The smallest absolute Gasteiger partial charge is 0.346 e. The van der Waals surface area contributed by atoms with Crippen molar-refractivity contribution in [2.45, 2.75) is 44.4 Å². The van der Waals surface area contributed by atoms with Crippen LogP contribution in [-0.4, -0.2) is 35.5 Å². The third-order valence-corrected chi connectivity index (χ3v) is 7.06. The number of fused-ring (bicyclic) bond motifs is 4. The van der Waals surface area contributed by atoms with Crippen molar-refractivity contribution in [2.75, 3.05) is 13.1 Å². The minimum Gasteiger partial charge on any atom is -0.346 e. The fraction of sp³-hybridized carbons (Fsp3) is 0.526. The van der Waals surface area contributed by atoms with Gasteiger partial charge in [-0.2, -0.15) is 13.2 Å². The van der Waals surface area contributed by atoms with Gasteiger partial charge in [-0.1, -0.05) is 0 Å². The molecular formula is C19H22ClF3N2OS. The summed E-state index contributed by atoms with van der Waals surface area (Å²) in [5, 5.41) is 3.63. The quantitative estimate of drug-likeness (QED) is 0.748. The molecule has 1 unspecified atom stereocenters. The van der Waals surface area contributed by atoms with E-state index in [9.17, 15) is 18.0 Å². The number of piperidine rings is 3. The number of amides is 1. The molecule has 0 saturated carbocycles. The summed E-state index contributed by atoms with van der Waals surface area (Å²) in [5.41, 5.74) is -0.787. The van der Waals surface area contributed by atoms with Gasteiger partial charge in [0.25, 0.3) is 5.91 Å². The van der Waals surface area contributed by atoms with Crippen LogP contribution in [0.15, 0.2) is 24.3 Å². The molecule has 4 heterocycles. The van der Waals surface area contributed by atoms with Crippen LogP contribution in [0.1, 0.15) is 41.9 Å². The molecule has 8 heteroatoms. The van der Waals surface area contributed by atoms with E-state index in [1.165, 1.54) is 17.4 Å². The molecule has 3 aliphatic rings. The van der Waals surface area contributed by atoms with Crippen molar-refractivity contribution in [3.8, 4) is 0 Å². The minimum atomic E-state index is -4.38. The molecule has 3 fully saturated rings. The number of benzene rings is 1. The molecule has 5 rings (SSSR count). The van der Waals surface area contributed by atoms with Crippen LogP contribution in [-0.2, 0) is 6.18 Å². The normalized spacial score (nSPS) is 26.6. The molecule has 3 nitrogen and oxygen atoms in total. The molecule has 2 bridgehead atoms. The molecule has 1 atom stereocenters. The van der Waals surface area contributed by atoms with E-state index in [1.54, 1.807) is 6.07 Å². The van der Waals surface area contributed by atoms with E-state index < -0.39 is 11.7 Å². The van der Waals surface area contributed by atoms with Gasteiger partial charge in [0.2, 0.25) is 0 Å². The van der Waals surface area contributed by atoms with Gasteiger partial charge in [0.05, 0.1) is 10.4 Å². The number of rotatable bonds is 2. The lowest BCUT2D eigenvalue weighted by Crippen LogP contribution is -2.69. The van der Waals surface area contributed by atoms with Crippen molar-refractivity contribution in [3.05, 3.63) is 34.7 Å². The molecule has 3 saturated heterocycles. The van der Waals surface area contributed by atoms with Crippen LogP contribution in [0.2, 0.25) is 0 Å². The van der Waals surface area contributed by atoms with E-state index in [1.807, 2.05) is 0 Å². The van der Waals surface area contributed by atoms with Crippen LogP contribution in [0.3, 0.4) is 0 Å².